The van der Waals surface area contributed by atoms with E-state index in [1.807, 2.05) is 0 Å². The van der Waals surface area contributed by atoms with Crippen molar-refractivity contribution in [3.63, 3.8) is 0 Å². The van der Waals surface area contributed by atoms with Gasteiger partial charge >= 0.3 is 0 Å². The van der Waals surface area contributed by atoms with Gasteiger partial charge in [-0.05, 0) is 31.3 Å². The lowest BCUT2D eigenvalue weighted by Crippen LogP contribution is -2.49. The normalized spacial score (nSPS) is 30.4. The Kier molecular flexibility index (Phi) is 5.58. The summed E-state index contributed by atoms with van der Waals surface area (Å²) >= 11 is 0. The molecule has 15 heavy (non-hydrogen) atoms. The van der Waals surface area contributed by atoms with E-state index in [-0.39, 0.29) is 6.61 Å². The molecule has 3 atom stereocenters. The van der Waals surface area contributed by atoms with Gasteiger partial charge in [0.25, 0.3) is 0 Å². The molecule has 1 aliphatic rings. The first-order chi connectivity index (χ1) is 7.17. The first-order valence-electron chi connectivity index (χ1n) is 6.24. The number of piperidine rings is 1. The third kappa shape index (κ3) is 4.09. The van der Waals surface area contributed by atoms with Crippen LogP contribution in [0.5, 0.6) is 0 Å². The monoisotopic (exact) mass is 214 g/mol. The summed E-state index contributed by atoms with van der Waals surface area (Å²) in [6.45, 7) is 11.5. The molecule has 0 aromatic carbocycles. The van der Waals surface area contributed by atoms with Crippen molar-refractivity contribution in [3.05, 3.63) is 0 Å². The van der Waals surface area contributed by atoms with Gasteiger partial charge in [0.2, 0.25) is 0 Å². The van der Waals surface area contributed by atoms with Crippen LogP contribution in [0.4, 0.5) is 0 Å². The maximum absolute atomic E-state index is 8.96. The summed E-state index contributed by atoms with van der Waals surface area (Å²) in [5.74, 6) is 1.10. The second kappa shape index (κ2) is 6.46. The first-order valence-corrected chi connectivity index (χ1v) is 6.24. The Hall–Kier alpha value is -0.120. The predicted molar refractivity (Wildman–Crippen MR) is 63.9 cm³/mol. The van der Waals surface area contributed by atoms with Crippen LogP contribution in [0.1, 0.15) is 27.2 Å². The molecule has 0 spiro atoms. The molecule has 0 amide bonds. The molecule has 0 aliphatic carbocycles. The number of likely N-dealkylation sites (tertiary alicyclic amines) is 1. The number of hydrogen-bond donors (Lipinski definition) is 2. The molecule has 3 unspecified atom stereocenters. The van der Waals surface area contributed by atoms with Crippen molar-refractivity contribution in [2.45, 2.75) is 33.2 Å². The highest BCUT2D eigenvalue weighted by Crippen LogP contribution is 2.16. The van der Waals surface area contributed by atoms with Crippen LogP contribution in [0.3, 0.4) is 0 Å². The quantitative estimate of drug-likeness (QED) is 0.715. The van der Waals surface area contributed by atoms with Crippen molar-refractivity contribution in [1.82, 2.24) is 10.2 Å². The zero-order valence-corrected chi connectivity index (χ0v) is 10.4. The molecule has 1 rings (SSSR count). The molecule has 2 N–H and O–H groups in total. The van der Waals surface area contributed by atoms with Crippen molar-refractivity contribution in [2.75, 3.05) is 32.8 Å². The minimum Gasteiger partial charge on any atom is -0.396 e. The van der Waals surface area contributed by atoms with Gasteiger partial charge in [0.15, 0.2) is 0 Å². The number of hydrogen-bond acceptors (Lipinski definition) is 3. The van der Waals surface area contributed by atoms with Crippen LogP contribution in [0.15, 0.2) is 0 Å². The molecule has 3 nitrogen and oxygen atoms in total. The van der Waals surface area contributed by atoms with E-state index in [1.165, 1.54) is 26.1 Å². The van der Waals surface area contributed by atoms with Crippen LogP contribution in [0, 0.1) is 11.8 Å². The lowest BCUT2D eigenvalue weighted by molar-refractivity contribution is 0.146. The van der Waals surface area contributed by atoms with E-state index >= 15 is 0 Å². The van der Waals surface area contributed by atoms with Crippen LogP contribution < -0.4 is 5.32 Å². The number of aliphatic hydroxyl groups is 1. The minimum absolute atomic E-state index is 0.287. The van der Waals surface area contributed by atoms with Crippen molar-refractivity contribution in [1.29, 1.82) is 0 Å². The van der Waals surface area contributed by atoms with Gasteiger partial charge in [-0.1, -0.05) is 20.8 Å². The maximum atomic E-state index is 8.96. The lowest BCUT2D eigenvalue weighted by atomic mass is 9.93. The summed E-state index contributed by atoms with van der Waals surface area (Å²) in [7, 11) is 0. The Morgan fingerprint density at radius 1 is 1.53 bits per heavy atom. The average Bonchev–Trinajstić information content (AvgIpc) is 2.26. The highest BCUT2D eigenvalue weighted by atomic mass is 16.3. The molecule has 0 saturated carbocycles. The number of nitrogens with one attached hydrogen (secondary N) is 1. The molecule has 90 valence electrons. The Morgan fingerprint density at radius 2 is 2.27 bits per heavy atom. The van der Waals surface area contributed by atoms with E-state index in [0.717, 1.165) is 12.5 Å². The van der Waals surface area contributed by atoms with Crippen LogP contribution in [0.25, 0.3) is 0 Å². The summed E-state index contributed by atoms with van der Waals surface area (Å²) in [4.78, 5) is 2.51. The Bertz CT molecular complexity index is 175. The van der Waals surface area contributed by atoms with Gasteiger partial charge in [0.1, 0.15) is 0 Å². The SMILES string of the molecule is CCN1CCC(NCC(C)CO)C(C)C1. The van der Waals surface area contributed by atoms with Gasteiger partial charge in [-0.15, -0.1) is 0 Å². The standard InChI is InChI=1S/C12H26N2O/c1-4-14-6-5-12(11(3)8-14)13-7-10(2)9-15/h10-13,15H,4-9H2,1-3H3. The molecule has 0 aromatic heterocycles. The highest BCUT2D eigenvalue weighted by molar-refractivity contribution is 4.82. The van der Waals surface area contributed by atoms with Crippen LogP contribution in [-0.2, 0) is 0 Å². The fourth-order valence-corrected chi connectivity index (χ4v) is 2.24. The van der Waals surface area contributed by atoms with Crippen molar-refractivity contribution >= 4 is 0 Å². The van der Waals surface area contributed by atoms with Gasteiger partial charge in [0.05, 0.1) is 0 Å². The van der Waals surface area contributed by atoms with E-state index in [4.69, 9.17) is 5.11 Å². The van der Waals surface area contributed by atoms with Crippen molar-refractivity contribution in [3.8, 4) is 0 Å². The largest absolute Gasteiger partial charge is 0.396 e. The summed E-state index contributed by atoms with van der Waals surface area (Å²) in [6.07, 6.45) is 1.24. The molecule has 0 radical (unpaired) electrons. The third-order valence-corrected chi connectivity index (χ3v) is 3.48. The number of rotatable bonds is 5. The third-order valence-electron chi connectivity index (χ3n) is 3.48. The number of aliphatic hydroxyl groups excluding tert-OH is 1. The fraction of sp³-hybridized carbons (Fsp3) is 1.00. The van der Waals surface area contributed by atoms with Crippen molar-refractivity contribution < 1.29 is 5.11 Å². The van der Waals surface area contributed by atoms with E-state index in [0.29, 0.717) is 12.0 Å². The van der Waals surface area contributed by atoms with Gasteiger partial charge in [-0.25, -0.2) is 0 Å². The van der Waals surface area contributed by atoms with E-state index in [1.54, 1.807) is 0 Å². The Labute approximate surface area is 93.9 Å². The summed E-state index contributed by atoms with van der Waals surface area (Å²) in [6, 6.07) is 0.641. The maximum Gasteiger partial charge on any atom is 0.0468 e. The second-order valence-electron chi connectivity index (χ2n) is 4.96. The van der Waals surface area contributed by atoms with Crippen LogP contribution in [-0.4, -0.2) is 48.8 Å². The topological polar surface area (TPSA) is 35.5 Å². The molecule has 0 aromatic rings. The zero-order chi connectivity index (χ0) is 11.3. The molecule has 1 heterocycles. The molecule has 3 heteroatoms. The van der Waals surface area contributed by atoms with Crippen LogP contribution >= 0.6 is 0 Å². The van der Waals surface area contributed by atoms with E-state index in [9.17, 15) is 0 Å². The smallest absolute Gasteiger partial charge is 0.0468 e. The Balaban J connectivity index is 2.25. The molecule has 0 bridgehead atoms. The minimum atomic E-state index is 0.287. The van der Waals surface area contributed by atoms with Gasteiger partial charge < -0.3 is 15.3 Å². The second-order valence-corrected chi connectivity index (χ2v) is 4.96. The molecule has 1 fully saturated rings. The summed E-state index contributed by atoms with van der Waals surface area (Å²) in [5.41, 5.74) is 0. The highest BCUT2D eigenvalue weighted by Gasteiger charge is 2.24. The van der Waals surface area contributed by atoms with Crippen molar-refractivity contribution in [2.24, 2.45) is 11.8 Å². The van der Waals surface area contributed by atoms with Crippen LogP contribution in [0.2, 0.25) is 0 Å². The van der Waals surface area contributed by atoms with E-state index in [2.05, 4.69) is 31.0 Å². The zero-order valence-electron chi connectivity index (χ0n) is 10.4. The van der Waals surface area contributed by atoms with Gasteiger partial charge in [0, 0.05) is 25.7 Å². The number of nitrogens with zero attached hydrogens (tertiary/aromatic N) is 1. The van der Waals surface area contributed by atoms with E-state index < -0.39 is 0 Å². The lowest BCUT2D eigenvalue weighted by Gasteiger charge is -2.37. The molecular formula is C12H26N2O. The van der Waals surface area contributed by atoms with Gasteiger partial charge in [-0.2, -0.15) is 0 Å². The fourth-order valence-electron chi connectivity index (χ4n) is 2.24. The Morgan fingerprint density at radius 3 is 2.80 bits per heavy atom. The predicted octanol–water partition coefficient (Wildman–Crippen LogP) is 0.935. The van der Waals surface area contributed by atoms with Gasteiger partial charge in [-0.3, -0.25) is 0 Å². The molecule has 1 saturated heterocycles. The summed E-state index contributed by atoms with van der Waals surface area (Å²) in [5, 5.41) is 12.5. The first kappa shape index (κ1) is 12.9. The molecular weight excluding hydrogens is 188 g/mol. The summed E-state index contributed by atoms with van der Waals surface area (Å²) < 4.78 is 0. The molecule has 1 aliphatic heterocycles. The average molecular weight is 214 g/mol.